The van der Waals surface area contributed by atoms with Crippen LogP contribution in [0.2, 0.25) is 0 Å². The zero-order chi connectivity index (χ0) is 15.4. The quantitative estimate of drug-likeness (QED) is 0.645. The van der Waals surface area contributed by atoms with Gasteiger partial charge in [-0.15, -0.1) is 0 Å². The van der Waals surface area contributed by atoms with Crippen molar-refractivity contribution < 1.29 is 4.74 Å². The van der Waals surface area contributed by atoms with Crippen molar-refractivity contribution in [3.63, 3.8) is 0 Å². The van der Waals surface area contributed by atoms with Crippen molar-refractivity contribution in [1.82, 2.24) is 4.98 Å². The summed E-state index contributed by atoms with van der Waals surface area (Å²) < 4.78 is 5.36. The third kappa shape index (κ3) is 3.57. The summed E-state index contributed by atoms with van der Waals surface area (Å²) in [5.41, 5.74) is 10.6. The molecule has 0 fully saturated rings. The standard InChI is InChI=1S/C19H22N2O.CH4/c1-22-15-8-6-7-14(13-15)19-17(10-4-5-12-20)16-9-2-3-11-18(16)21-19;/h2-3,6-9,11,13,21H,4-5,10,12,20H2,1H3;1H4. The van der Waals surface area contributed by atoms with Gasteiger partial charge < -0.3 is 15.5 Å². The van der Waals surface area contributed by atoms with Crippen molar-refractivity contribution in [2.75, 3.05) is 13.7 Å². The second kappa shape index (κ2) is 7.84. The van der Waals surface area contributed by atoms with Crippen LogP contribution in [0, 0.1) is 0 Å². The number of aromatic amines is 1. The molecule has 23 heavy (non-hydrogen) atoms. The molecular weight excluding hydrogens is 284 g/mol. The van der Waals surface area contributed by atoms with Crippen molar-refractivity contribution in [3.8, 4) is 17.0 Å². The summed E-state index contributed by atoms with van der Waals surface area (Å²) in [5, 5.41) is 1.30. The lowest BCUT2D eigenvalue weighted by Gasteiger charge is -2.07. The number of H-pyrrole nitrogens is 1. The number of hydrogen-bond acceptors (Lipinski definition) is 2. The largest absolute Gasteiger partial charge is 0.497 e. The second-order valence-electron chi connectivity index (χ2n) is 5.50. The van der Waals surface area contributed by atoms with Crippen LogP contribution in [-0.2, 0) is 6.42 Å². The van der Waals surface area contributed by atoms with Gasteiger partial charge in [0.05, 0.1) is 7.11 Å². The molecule has 0 aliphatic heterocycles. The van der Waals surface area contributed by atoms with Gasteiger partial charge in [0.25, 0.3) is 0 Å². The molecule has 0 atom stereocenters. The number of aromatic nitrogens is 1. The topological polar surface area (TPSA) is 51.0 Å². The molecule has 1 heterocycles. The molecular formula is C20H26N2O. The number of nitrogens with one attached hydrogen (secondary N) is 1. The number of nitrogens with two attached hydrogens (primary N) is 1. The van der Waals surface area contributed by atoms with Crippen LogP contribution in [0.15, 0.2) is 48.5 Å². The fourth-order valence-electron chi connectivity index (χ4n) is 2.93. The highest BCUT2D eigenvalue weighted by molar-refractivity contribution is 5.90. The number of fused-ring (bicyclic) bond motifs is 1. The molecule has 0 radical (unpaired) electrons. The molecule has 0 unspecified atom stereocenters. The summed E-state index contributed by atoms with van der Waals surface area (Å²) in [6.07, 6.45) is 3.19. The minimum atomic E-state index is 0. The molecule has 0 saturated heterocycles. The van der Waals surface area contributed by atoms with E-state index in [0.717, 1.165) is 31.6 Å². The van der Waals surface area contributed by atoms with E-state index in [0.29, 0.717) is 0 Å². The summed E-state index contributed by atoms with van der Waals surface area (Å²) in [4.78, 5) is 3.57. The Morgan fingerprint density at radius 1 is 1.04 bits per heavy atom. The third-order valence-corrected chi connectivity index (χ3v) is 4.05. The van der Waals surface area contributed by atoms with Gasteiger partial charge in [0.15, 0.2) is 0 Å². The highest BCUT2D eigenvalue weighted by Gasteiger charge is 2.13. The maximum atomic E-state index is 5.64. The zero-order valence-electron chi connectivity index (χ0n) is 12.9. The molecule has 0 saturated carbocycles. The van der Waals surface area contributed by atoms with Crippen LogP contribution in [0.1, 0.15) is 25.8 Å². The predicted octanol–water partition coefficient (Wildman–Crippen LogP) is 4.76. The average Bonchev–Trinajstić information content (AvgIpc) is 2.94. The van der Waals surface area contributed by atoms with Crippen LogP contribution in [0.5, 0.6) is 5.75 Å². The lowest BCUT2D eigenvalue weighted by atomic mass is 10.00. The van der Waals surface area contributed by atoms with Crippen molar-refractivity contribution in [3.05, 3.63) is 54.1 Å². The Hall–Kier alpha value is -2.26. The number of para-hydroxylation sites is 1. The van der Waals surface area contributed by atoms with Gasteiger partial charge in [-0.2, -0.15) is 0 Å². The van der Waals surface area contributed by atoms with E-state index < -0.39 is 0 Å². The van der Waals surface area contributed by atoms with Crippen molar-refractivity contribution in [2.45, 2.75) is 26.7 Å². The van der Waals surface area contributed by atoms with Crippen molar-refractivity contribution in [2.24, 2.45) is 5.73 Å². The van der Waals surface area contributed by atoms with E-state index in [9.17, 15) is 0 Å². The molecule has 0 aliphatic rings. The molecule has 0 amide bonds. The van der Waals surface area contributed by atoms with Crippen LogP contribution >= 0.6 is 0 Å². The van der Waals surface area contributed by atoms with Gasteiger partial charge in [-0.05, 0) is 49.6 Å². The van der Waals surface area contributed by atoms with E-state index in [1.165, 1.54) is 27.7 Å². The first-order valence-corrected chi connectivity index (χ1v) is 7.77. The van der Waals surface area contributed by atoms with Crippen LogP contribution in [0.3, 0.4) is 0 Å². The van der Waals surface area contributed by atoms with E-state index in [4.69, 9.17) is 10.5 Å². The number of rotatable bonds is 6. The Balaban J connectivity index is 0.00000192. The van der Waals surface area contributed by atoms with E-state index in [1.807, 2.05) is 12.1 Å². The van der Waals surface area contributed by atoms with Gasteiger partial charge in [-0.3, -0.25) is 0 Å². The first-order valence-electron chi connectivity index (χ1n) is 7.77. The number of unbranched alkanes of at least 4 members (excludes halogenated alkanes) is 1. The van der Waals surface area contributed by atoms with E-state index in [1.54, 1.807) is 7.11 Å². The SMILES string of the molecule is C.COc1cccc(-c2[nH]c3ccccc3c2CCCCN)c1. The first-order chi connectivity index (χ1) is 10.8. The first kappa shape index (κ1) is 17.1. The Bertz CT molecular complexity index is 761. The Labute approximate surface area is 138 Å². The van der Waals surface area contributed by atoms with Crippen LogP contribution in [0.4, 0.5) is 0 Å². The van der Waals surface area contributed by atoms with Crippen molar-refractivity contribution >= 4 is 10.9 Å². The van der Waals surface area contributed by atoms with Gasteiger partial charge in [0, 0.05) is 22.2 Å². The summed E-state index contributed by atoms with van der Waals surface area (Å²) in [7, 11) is 1.70. The molecule has 0 bridgehead atoms. The Morgan fingerprint density at radius 3 is 2.65 bits per heavy atom. The fourth-order valence-corrected chi connectivity index (χ4v) is 2.93. The van der Waals surface area contributed by atoms with Gasteiger partial charge >= 0.3 is 0 Å². The van der Waals surface area contributed by atoms with Crippen LogP contribution in [0.25, 0.3) is 22.2 Å². The Morgan fingerprint density at radius 2 is 1.87 bits per heavy atom. The van der Waals surface area contributed by atoms with Crippen LogP contribution in [-0.4, -0.2) is 18.6 Å². The zero-order valence-corrected chi connectivity index (χ0v) is 12.9. The molecule has 1 aromatic heterocycles. The van der Waals surface area contributed by atoms with Crippen molar-refractivity contribution in [1.29, 1.82) is 0 Å². The second-order valence-corrected chi connectivity index (χ2v) is 5.50. The highest BCUT2D eigenvalue weighted by atomic mass is 16.5. The number of methoxy groups -OCH3 is 1. The number of benzene rings is 2. The maximum absolute atomic E-state index is 5.64. The smallest absolute Gasteiger partial charge is 0.119 e. The molecule has 3 N–H and O–H groups in total. The highest BCUT2D eigenvalue weighted by Crippen LogP contribution is 2.32. The summed E-state index contributed by atoms with van der Waals surface area (Å²) in [6.45, 7) is 0.747. The normalized spacial score (nSPS) is 10.5. The molecule has 3 rings (SSSR count). The number of hydrogen-bond donors (Lipinski definition) is 2. The molecule has 2 aromatic carbocycles. The van der Waals surface area contributed by atoms with E-state index in [2.05, 4.69) is 41.4 Å². The van der Waals surface area contributed by atoms with Gasteiger partial charge in [0.2, 0.25) is 0 Å². The Kier molecular flexibility index (Phi) is 5.83. The summed E-state index contributed by atoms with van der Waals surface area (Å²) in [5.74, 6) is 0.879. The lowest BCUT2D eigenvalue weighted by Crippen LogP contribution is -1.99. The summed E-state index contributed by atoms with van der Waals surface area (Å²) >= 11 is 0. The lowest BCUT2D eigenvalue weighted by molar-refractivity contribution is 0.415. The summed E-state index contributed by atoms with van der Waals surface area (Å²) in [6, 6.07) is 16.7. The minimum Gasteiger partial charge on any atom is -0.497 e. The number of ether oxygens (including phenoxy) is 1. The average molecular weight is 310 g/mol. The minimum absolute atomic E-state index is 0. The molecule has 3 heteroatoms. The number of aryl methyl sites for hydroxylation is 1. The van der Waals surface area contributed by atoms with Gasteiger partial charge in [-0.25, -0.2) is 0 Å². The molecule has 122 valence electrons. The monoisotopic (exact) mass is 310 g/mol. The molecule has 3 nitrogen and oxygen atoms in total. The van der Waals surface area contributed by atoms with E-state index in [-0.39, 0.29) is 7.43 Å². The van der Waals surface area contributed by atoms with Crippen LogP contribution < -0.4 is 10.5 Å². The van der Waals surface area contributed by atoms with E-state index >= 15 is 0 Å². The molecule has 0 aliphatic carbocycles. The fraction of sp³-hybridized carbons (Fsp3) is 0.300. The molecule has 0 spiro atoms. The maximum Gasteiger partial charge on any atom is 0.119 e. The predicted molar refractivity (Wildman–Crippen MR) is 99.0 cm³/mol. The van der Waals surface area contributed by atoms with Gasteiger partial charge in [0.1, 0.15) is 5.75 Å². The van der Waals surface area contributed by atoms with Gasteiger partial charge in [-0.1, -0.05) is 37.8 Å². The third-order valence-electron chi connectivity index (χ3n) is 4.05. The molecule has 3 aromatic rings.